The lowest BCUT2D eigenvalue weighted by Gasteiger charge is -2.12. The molecule has 33 heavy (non-hydrogen) atoms. The van der Waals surface area contributed by atoms with Crippen molar-refractivity contribution in [2.75, 3.05) is 30.6 Å². The fourth-order valence-corrected chi connectivity index (χ4v) is 3.54. The van der Waals surface area contributed by atoms with Gasteiger partial charge in [0.2, 0.25) is 12.7 Å². The average molecular weight is 447 g/mol. The summed E-state index contributed by atoms with van der Waals surface area (Å²) < 4.78 is 18.4. The number of ether oxygens (including phenoxy) is 3. The lowest BCUT2D eigenvalue weighted by atomic mass is 10.2. The van der Waals surface area contributed by atoms with Gasteiger partial charge < -0.3 is 24.8 Å². The van der Waals surface area contributed by atoms with E-state index in [2.05, 4.69) is 15.7 Å². The van der Waals surface area contributed by atoms with E-state index in [0.29, 0.717) is 36.3 Å². The van der Waals surface area contributed by atoms with Gasteiger partial charge in [0.1, 0.15) is 5.82 Å². The normalized spacial score (nSPS) is 12.5. The van der Waals surface area contributed by atoms with Gasteiger partial charge in [0.25, 0.3) is 0 Å². The lowest BCUT2D eigenvalue weighted by molar-refractivity contribution is 0.0787. The molecule has 1 aliphatic heterocycles. The van der Waals surface area contributed by atoms with E-state index in [1.54, 1.807) is 6.20 Å². The number of benzene rings is 2. The summed E-state index contributed by atoms with van der Waals surface area (Å²) >= 11 is 0. The number of rotatable bonds is 9. The molecule has 3 heterocycles. The molecule has 0 radical (unpaired) electrons. The molecule has 1 aliphatic rings. The van der Waals surface area contributed by atoms with E-state index < -0.39 is 0 Å². The Bertz CT molecular complexity index is 1240. The number of hydrogen-bond acceptors (Lipinski definition) is 8. The van der Waals surface area contributed by atoms with Crippen LogP contribution in [-0.4, -0.2) is 45.8 Å². The molecule has 0 saturated carbocycles. The molecule has 0 amide bonds. The van der Waals surface area contributed by atoms with Crippen LogP contribution in [0, 0.1) is 0 Å². The highest BCUT2D eigenvalue weighted by Gasteiger charge is 2.17. The third-order valence-corrected chi connectivity index (χ3v) is 5.12. The van der Waals surface area contributed by atoms with Crippen molar-refractivity contribution in [3.05, 3.63) is 54.7 Å². The summed E-state index contributed by atoms with van der Waals surface area (Å²) in [7, 11) is 0. The van der Waals surface area contributed by atoms with Crippen LogP contribution in [-0.2, 0) is 4.74 Å². The first-order chi connectivity index (χ1) is 16.2. The van der Waals surface area contributed by atoms with Crippen LogP contribution in [0.1, 0.15) is 20.3 Å². The van der Waals surface area contributed by atoms with Crippen LogP contribution < -0.4 is 20.1 Å². The van der Waals surface area contributed by atoms with Crippen molar-refractivity contribution in [1.82, 2.24) is 19.7 Å². The topological polar surface area (TPSA) is 95.4 Å². The fraction of sp³-hybridized carbons (Fsp3) is 0.292. The smallest absolute Gasteiger partial charge is 0.231 e. The maximum absolute atomic E-state index is 5.62. The van der Waals surface area contributed by atoms with E-state index in [0.717, 1.165) is 28.9 Å². The highest BCUT2D eigenvalue weighted by atomic mass is 16.7. The van der Waals surface area contributed by atoms with Crippen molar-refractivity contribution in [1.29, 1.82) is 0 Å². The Kier molecular flexibility index (Phi) is 5.95. The van der Waals surface area contributed by atoms with Gasteiger partial charge in [-0.15, -0.1) is 0 Å². The van der Waals surface area contributed by atoms with Gasteiger partial charge >= 0.3 is 0 Å². The molecule has 0 bridgehead atoms. The summed E-state index contributed by atoms with van der Waals surface area (Å²) in [5, 5.41) is 12.1. The zero-order chi connectivity index (χ0) is 22.6. The summed E-state index contributed by atoms with van der Waals surface area (Å²) in [5.41, 5.74) is 2.47. The second kappa shape index (κ2) is 9.33. The predicted molar refractivity (Wildman–Crippen MR) is 127 cm³/mol. The van der Waals surface area contributed by atoms with Crippen LogP contribution in [0.25, 0.3) is 16.7 Å². The molecule has 0 saturated heterocycles. The third kappa shape index (κ3) is 4.68. The monoisotopic (exact) mass is 446 g/mol. The molecule has 2 N–H and O–H groups in total. The van der Waals surface area contributed by atoms with Gasteiger partial charge in [0.15, 0.2) is 17.1 Å². The van der Waals surface area contributed by atoms with Crippen molar-refractivity contribution in [2.45, 2.75) is 26.4 Å². The Balaban J connectivity index is 1.46. The molecule has 2 aromatic carbocycles. The molecular formula is C24H26N6O3. The first-order valence-electron chi connectivity index (χ1n) is 11.0. The molecule has 0 fully saturated rings. The van der Waals surface area contributed by atoms with Crippen LogP contribution in [0.2, 0.25) is 0 Å². The van der Waals surface area contributed by atoms with Crippen LogP contribution in [0.4, 0.5) is 17.5 Å². The summed E-state index contributed by atoms with van der Waals surface area (Å²) in [6.07, 6.45) is 2.84. The number of anilines is 3. The number of hydrogen-bond donors (Lipinski definition) is 2. The molecule has 0 unspecified atom stereocenters. The quantitative estimate of drug-likeness (QED) is 0.363. The molecule has 9 heteroatoms. The van der Waals surface area contributed by atoms with E-state index in [-0.39, 0.29) is 12.9 Å². The molecule has 0 atom stereocenters. The van der Waals surface area contributed by atoms with Gasteiger partial charge in [0.05, 0.1) is 23.4 Å². The maximum atomic E-state index is 5.62. The van der Waals surface area contributed by atoms with E-state index >= 15 is 0 Å². The average Bonchev–Trinajstić information content (AvgIpc) is 3.46. The second-order valence-corrected chi connectivity index (χ2v) is 7.92. The highest BCUT2D eigenvalue weighted by molar-refractivity contribution is 5.90. The summed E-state index contributed by atoms with van der Waals surface area (Å²) in [6.45, 7) is 5.67. The molecule has 4 aromatic rings. The first kappa shape index (κ1) is 21.0. The van der Waals surface area contributed by atoms with E-state index in [1.165, 1.54) is 0 Å². The van der Waals surface area contributed by atoms with Gasteiger partial charge in [-0.25, -0.2) is 4.68 Å². The standard InChI is InChI=1S/C24H26N6O3/c1-16(2)31-12-6-11-25-24-28-22(27-17-9-10-20-21(13-17)33-15-32-20)19-14-26-30(23(19)29-24)18-7-4-3-5-8-18/h3-5,7-10,13-14,16H,6,11-12,15H2,1-2H3,(H2,25,27,28,29). The Morgan fingerprint density at radius 3 is 2.76 bits per heavy atom. The van der Waals surface area contributed by atoms with Crippen LogP contribution in [0.15, 0.2) is 54.7 Å². The first-order valence-corrected chi connectivity index (χ1v) is 11.0. The molecular weight excluding hydrogens is 420 g/mol. The minimum Gasteiger partial charge on any atom is -0.454 e. The summed E-state index contributed by atoms with van der Waals surface area (Å²) in [5.74, 6) is 2.61. The Morgan fingerprint density at radius 2 is 1.91 bits per heavy atom. The molecule has 5 rings (SSSR count). The molecule has 170 valence electrons. The number of para-hydroxylation sites is 1. The SMILES string of the molecule is CC(C)OCCCNc1nc(Nc2ccc3c(c2)OCO3)c2cnn(-c3ccccc3)c2n1. The summed E-state index contributed by atoms with van der Waals surface area (Å²) in [4.78, 5) is 9.49. The Labute approximate surface area is 191 Å². The number of fused-ring (bicyclic) bond motifs is 2. The fourth-order valence-electron chi connectivity index (χ4n) is 3.54. The third-order valence-electron chi connectivity index (χ3n) is 5.12. The van der Waals surface area contributed by atoms with Crippen molar-refractivity contribution in [3.63, 3.8) is 0 Å². The minimum absolute atomic E-state index is 0.218. The van der Waals surface area contributed by atoms with Crippen LogP contribution >= 0.6 is 0 Å². The van der Waals surface area contributed by atoms with E-state index in [4.69, 9.17) is 24.2 Å². The Hall–Kier alpha value is -3.85. The van der Waals surface area contributed by atoms with E-state index in [1.807, 2.05) is 67.1 Å². The molecule has 2 aromatic heterocycles. The Morgan fingerprint density at radius 1 is 1.06 bits per heavy atom. The molecule has 0 spiro atoms. The van der Waals surface area contributed by atoms with Crippen molar-refractivity contribution < 1.29 is 14.2 Å². The predicted octanol–water partition coefficient (Wildman–Crippen LogP) is 4.51. The van der Waals surface area contributed by atoms with E-state index in [9.17, 15) is 0 Å². The van der Waals surface area contributed by atoms with Crippen LogP contribution in [0.5, 0.6) is 11.5 Å². The van der Waals surface area contributed by atoms with Gasteiger partial charge in [-0.05, 0) is 44.5 Å². The lowest BCUT2D eigenvalue weighted by Crippen LogP contribution is -2.12. The second-order valence-electron chi connectivity index (χ2n) is 7.92. The summed E-state index contributed by atoms with van der Waals surface area (Å²) in [6, 6.07) is 15.6. The van der Waals surface area contributed by atoms with Gasteiger partial charge in [0, 0.05) is 24.9 Å². The number of nitrogens with one attached hydrogen (secondary N) is 2. The number of nitrogens with zero attached hydrogens (tertiary/aromatic N) is 4. The highest BCUT2D eigenvalue weighted by Crippen LogP contribution is 2.36. The van der Waals surface area contributed by atoms with Crippen LogP contribution in [0.3, 0.4) is 0 Å². The van der Waals surface area contributed by atoms with Gasteiger partial charge in [-0.3, -0.25) is 0 Å². The van der Waals surface area contributed by atoms with Crippen molar-refractivity contribution >= 4 is 28.5 Å². The zero-order valence-electron chi connectivity index (χ0n) is 18.6. The van der Waals surface area contributed by atoms with Gasteiger partial charge in [-0.1, -0.05) is 18.2 Å². The van der Waals surface area contributed by atoms with Gasteiger partial charge in [-0.2, -0.15) is 15.1 Å². The zero-order valence-corrected chi connectivity index (χ0v) is 18.6. The number of aromatic nitrogens is 4. The molecule has 9 nitrogen and oxygen atoms in total. The minimum atomic E-state index is 0.218. The molecule has 0 aliphatic carbocycles. The van der Waals surface area contributed by atoms with Crippen molar-refractivity contribution in [2.24, 2.45) is 0 Å². The maximum Gasteiger partial charge on any atom is 0.231 e. The van der Waals surface area contributed by atoms with Crippen molar-refractivity contribution in [3.8, 4) is 17.2 Å². The largest absolute Gasteiger partial charge is 0.454 e.